The molecular weight excluding hydrogens is 449 g/mol. The number of methoxy groups -OCH3 is 2. The number of rotatable bonds is 15. The van der Waals surface area contributed by atoms with E-state index in [-0.39, 0.29) is 5.92 Å². The summed E-state index contributed by atoms with van der Waals surface area (Å²) in [5.74, 6) is 0.873. The second-order valence-electron chi connectivity index (χ2n) is 5.98. The second kappa shape index (κ2) is 17.3. The molecule has 7 nitrogen and oxygen atoms in total. The van der Waals surface area contributed by atoms with E-state index in [2.05, 4.69) is 5.09 Å². The van der Waals surface area contributed by atoms with Gasteiger partial charge in [0.1, 0.15) is 12.4 Å². The second-order valence-corrected chi connectivity index (χ2v) is 9.77. The van der Waals surface area contributed by atoms with Crippen LogP contribution in [-0.2, 0) is 35.1 Å². The minimum absolute atomic E-state index is 0.235. The van der Waals surface area contributed by atoms with Crippen LogP contribution < -0.4 is 9.82 Å². The van der Waals surface area contributed by atoms with Crippen molar-refractivity contribution in [2.45, 2.75) is 34.0 Å². The first-order chi connectivity index (χ1) is 14.4. The summed E-state index contributed by atoms with van der Waals surface area (Å²) in [6, 6.07) is 5.34. The van der Waals surface area contributed by atoms with Gasteiger partial charge >= 0.3 is 0 Å². The molecule has 0 aliphatic rings. The lowest BCUT2D eigenvalue weighted by molar-refractivity contribution is -0.105. The number of halogens is 1. The molecule has 176 valence electrons. The third kappa shape index (κ3) is 11.4. The molecule has 0 aliphatic heterocycles. The molecule has 0 saturated carbocycles. The molecule has 0 fully saturated rings. The van der Waals surface area contributed by atoms with Crippen LogP contribution in [0.15, 0.2) is 18.2 Å². The summed E-state index contributed by atoms with van der Waals surface area (Å²) in [5, 5.41) is 3.64. The van der Waals surface area contributed by atoms with Crippen LogP contribution in [0.3, 0.4) is 0 Å². The van der Waals surface area contributed by atoms with Gasteiger partial charge in [-0.2, -0.15) is 0 Å². The molecule has 0 aliphatic carbocycles. The van der Waals surface area contributed by atoms with Crippen LogP contribution in [0.5, 0.6) is 5.75 Å². The molecule has 1 aromatic rings. The normalized spacial score (nSPS) is 14.0. The number of nitrogens with one attached hydrogen (secondary N) is 1. The van der Waals surface area contributed by atoms with Crippen molar-refractivity contribution in [3.05, 3.63) is 28.8 Å². The van der Waals surface area contributed by atoms with Crippen LogP contribution >= 0.6 is 18.2 Å². The van der Waals surface area contributed by atoms with Crippen molar-refractivity contribution in [2.24, 2.45) is 5.92 Å². The SMILES string of the molecule is CC.CCOCC(C)COP(=S)(NCCOc1ccc(C(OC)OC)c(Cl)c1)OC. The summed E-state index contributed by atoms with van der Waals surface area (Å²) < 4.78 is 32.7. The number of ether oxygens (including phenoxy) is 4. The smallest absolute Gasteiger partial charge is 0.261 e. The first kappa shape index (κ1) is 29.7. The van der Waals surface area contributed by atoms with Gasteiger partial charge in [0.15, 0.2) is 6.29 Å². The van der Waals surface area contributed by atoms with Crippen LogP contribution in [0.4, 0.5) is 0 Å². The van der Waals surface area contributed by atoms with E-state index in [1.165, 1.54) is 0 Å². The monoisotopic (exact) mass is 485 g/mol. The average molecular weight is 486 g/mol. The molecule has 10 heteroatoms. The van der Waals surface area contributed by atoms with Gasteiger partial charge in [-0.05, 0) is 36.9 Å². The maximum Gasteiger partial charge on any atom is 0.261 e. The topological polar surface area (TPSA) is 67.4 Å². The highest BCUT2D eigenvalue weighted by molar-refractivity contribution is 8.08. The lowest BCUT2D eigenvalue weighted by Crippen LogP contribution is -2.22. The Balaban J connectivity index is 0.00000407. The summed E-state index contributed by atoms with van der Waals surface area (Å²) in [4.78, 5) is 0. The summed E-state index contributed by atoms with van der Waals surface area (Å²) in [6.45, 7) is 8.08. The van der Waals surface area contributed by atoms with Gasteiger partial charge in [-0.1, -0.05) is 32.4 Å². The largest absolute Gasteiger partial charge is 0.492 e. The molecule has 2 unspecified atom stereocenters. The zero-order valence-corrected chi connectivity index (χ0v) is 21.6. The van der Waals surface area contributed by atoms with Crippen LogP contribution in [0, 0.1) is 5.92 Å². The summed E-state index contributed by atoms with van der Waals surface area (Å²) in [7, 11) is 4.66. The Bertz CT molecular complexity index is 621. The summed E-state index contributed by atoms with van der Waals surface area (Å²) in [5.41, 5.74) is 0.738. The highest BCUT2D eigenvalue weighted by atomic mass is 35.5. The van der Waals surface area contributed by atoms with Crippen molar-refractivity contribution in [2.75, 3.05) is 54.3 Å². The van der Waals surface area contributed by atoms with E-state index in [0.29, 0.717) is 43.7 Å². The quantitative estimate of drug-likeness (QED) is 0.207. The molecule has 0 bridgehead atoms. The molecule has 2 atom stereocenters. The third-order valence-corrected chi connectivity index (χ3v) is 6.76. The standard InChI is InChI=1S/C18H31ClNO6PS.C2H6/c1-6-24-12-14(2)13-26-27(28,23-5)20-9-10-25-15-7-8-16(17(19)11-15)18(21-3)22-4;1-2/h7-8,11,14,18H,6,9-10,12-13H2,1-5H3,(H,20,28);1-2H3. The van der Waals surface area contributed by atoms with E-state index in [9.17, 15) is 0 Å². The number of benzene rings is 1. The van der Waals surface area contributed by atoms with E-state index in [1.807, 2.05) is 39.8 Å². The van der Waals surface area contributed by atoms with Gasteiger partial charge in [0, 0.05) is 46.0 Å². The minimum Gasteiger partial charge on any atom is -0.492 e. The molecule has 1 aromatic carbocycles. The van der Waals surface area contributed by atoms with Crippen molar-refractivity contribution in [3.8, 4) is 5.75 Å². The lowest BCUT2D eigenvalue weighted by atomic mass is 10.2. The zero-order chi connectivity index (χ0) is 23.0. The Hall–Kier alpha value is -0.280. The fourth-order valence-electron chi connectivity index (χ4n) is 2.25. The minimum atomic E-state index is -2.56. The molecule has 0 amide bonds. The van der Waals surface area contributed by atoms with Gasteiger partial charge in [0.25, 0.3) is 6.64 Å². The zero-order valence-electron chi connectivity index (χ0n) is 19.1. The number of hydrogen-bond donors (Lipinski definition) is 1. The van der Waals surface area contributed by atoms with Crippen molar-refractivity contribution < 1.29 is 28.0 Å². The van der Waals surface area contributed by atoms with Crippen molar-refractivity contribution >= 4 is 30.1 Å². The van der Waals surface area contributed by atoms with E-state index in [0.717, 1.165) is 5.56 Å². The Morgan fingerprint density at radius 2 is 1.80 bits per heavy atom. The fraction of sp³-hybridized carbons (Fsp3) is 0.700. The molecule has 0 aromatic heterocycles. The molecule has 1 N–H and O–H groups in total. The van der Waals surface area contributed by atoms with Gasteiger partial charge in [-0.15, -0.1) is 0 Å². The third-order valence-electron chi connectivity index (χ3n) is 3.71. The van der Waals surface area contributed by atoms with Gasteiger partial charge in [0.05, 0.1) is 18.2 Å². The Kier molecular flexibility index (Phi) is 17.1. The first-order valence-corrected chi connectivity index (χ1v) is 13.0. The average Bonchev–Trinajstić information content (AvgIpc) is 2.77. The fourth-order valence-corrected chi connectivity index (χ4v) is 4.10. The molecule has 0 heterocycles. The van der Waals surface area contributed by atoms with E-state index >= 15 is 0 Å². The summed E-state index contributed by atoms with van der Waals surface area (Å²) in [6.07, 6.45) is -0.516. The molecule has 0 radical (unpaired) electrons. The van der Waals surface area contributed by atoms with E-state index in [1.54, 1.807) is 27.4 Å². The molecule has 1 rings (SSSR count). The van der Waals surface area contributed by atoms with Crippen LogP contribution in [-0.4, -0.2) is 54.3 Å². The van der Waals surface area contributed by atoms with Crippen molar-refractivity contribution in [3.63, 3.8) is 0 Å². The lowest BCUT2D eigenvalue weighted by Gasteiger charge is -2.23. The van der Waals surface area contributed by atoms with Crippen molar-refractivity contribution in [1.29, 1.82) is 0 Å². The Labute approximate surface area is 191 Å². The molecule has 0 spiro atoms. The van der Waals surface area contributed by atoms with E-state index in [4.69, 9.17) is 51.4 Å². The maximum atomic E-state index is 6.28. The van der Waals surface area contributed by atoms with Gasteiger partial charge in [-0.25, -0.2) is 5.09 Å². The molecule has 30 heavy (non-hydrogen) atoms. The molecule has 0 saturated heterocycles. The Morgan fingerprint density at radius 3 is 2.33 bits per heavy atom. The van der Waals surface area contributed by atoms with Crippen LogP contribution in [0.25, 0.3) is 0 Å². The van der Waals surface area contributed by atoms with Gasteiger partial charge in [-0.3, -0.25) is 0 Å². The van der Waals surface area contributed by atoms with Gasteiger partial charge in [0.2, 0.25) is 0 Å². The summed E-state index contributed by atoms with van der Waals surface area (Å²) >= 11 is 11.7. The van der Waals surface area contributed by atoms with E-state index < -0.39 is 12.9 Å². The Morgan fingerprint density at radius 1 is 1.13 bits per heavy atom. The highest BCUT2D eigenvalue weighted by Crippen LogP contribution is 2.43. The first-order valence-electron chi connectivity index (χ1n) is 10.00. The maximum absolute atomic E-state index is 6.28. The van der Waals surface area contributed by atoms with Gasteiger partial charge < -0.3 is 28.0 Å². The predicted octanol–water partition coefficient (Wildman–Crippen LogP) is 5.19. The van der Waals surface area contributed by atoms with Crippen LogP contribution in [0.2, 0.25) is 5.02 Å². The van der Waals surface area contributed by atoms with Crippen molar-refractivity contribution in [1.82, 2.24) is 5.09 Å². The number of hydrogen-bond acceptors (Lipinski definition) is 7. The molecular formula is C20H37ClNO6PS. The highest BCUT2D eigenvalue weighted by Gasteiger charge is 2.18. The predicted molar refractivity (Wildman–Crippen MR) is 126 cm³/mol. The van der Waals surface area contributed by atoms with Crippen LogP contribution in [0.1, 0.15) is 39.5 Å².